The number of nitrogens with two attached hydrogens (primary N) is 1. The van der Waals surface area contributed by atoms with Crippen LogP contribution in [0.1, 0.15) is 46.7 Å². The SMILES string of the molecule is C.C.CNS(=O)(=O)c1cc(CCNC(=O)c2cc(Cl)ccc2OC)ccc1OC.COc1ccc(Cl)cc1C(=O)NCCc1ccc(OC)c(S(N)(=O)=O)c1. The maximum atomic E-state index is 12.4. The Labute approximate surface area is 333 Å². The molecule has 0 aliphatic carbocycles. The van der Waals surface area contributed by atoms with Crippen LogP contribution in [0.4, 0.5) is 0 Å². The zero-order valence-corrected chi connectivity index (χ0v) is 32.6. The molecule has 0 saturated heterocycles. The van der Waals surface area contributed by atoms with Crippen molar-refractivity contribution in [2.24, 2.45) is 5.14 Å². The lowest BCUT2D eigenvalue weighted by Crippen LogP contribution is -2.26. The first-order valence-corrected chi connectivity index (χ1v) is 19.4. The van der Waals surface area contributed by atoms with Crippen LogP contribution in [-0.4, -0.2) is 77.2 Å². The van der Waals surface area contributed by atoms with E-state index in [2.05, 4.69) is 15.4 Å². The van der Waals surface area contributed by atoms with Crippen molar-refractivity contribution < 1.29 is 45.4 Å². The number of methoxy groups -OCH3 is 4. The Balaban J connectivity index is 0.000000531. The van der Waals surface area contributed by atoms with Gasteiger partial charge in [0, 0.05) is 23.1 Å². The van der Waals surface area contributed by atoms with E-state index in [9.17, 15) is 26.4 Å². The number of primary sulfonamides is 1. The van der Waals surface area contributed by atoms with Crippen LogP contribution in [0, 0.1) is 0 Å². The predicted molar refractivity (Wildman–Crippen MR) is 215 cm³/mol. The zero-order chi connectivity index (χ0) is 39.3. The summed E-state index contributed by atoms with van der Waals surface area (Å²) in [6.45, 7) is 0.588. The molecule has 302 valence electrons. The Hall–Kier alpha value is -4.58. The Morgan fingerprint density at radius 2 is 0.964 bits per heavy atom. The first-order chi connectivity index (χ1) is 25.1. The summed E-state index contributed by atoms with van der Waals surface area (Å²) in [5.41, 5.74) is 2.08. The minimum absolute atomic E-state index is 0. The molecule has 4 rings (SSSR count). The fraction of sp³-hybridized carbons (Fsp3) is 0.297. The second-order valence-corrected chi connectivity index (χ2v) is 15.2. The van der Waals surface area contributed by atoms with Crippen LogP contribution in [0.15, 0.2) is 82.6 Å². The molecule has 0 aliphatic heterocycles. The van der Waals surface area contributed by atoms with Gasteiger partial charge in [-0.1, -0.05) is 50.2 Å². The maximum absolute atomic E-state index is 12.4. The standard InChI is InChI=1S/C18H21ClN2O5S.C17H19ClN2O5S.2CH4/c1-20-27(23,24)17-10-12(4-6-16(17)26-3)8-9-21-18(22)14-11-13(19)5-7-15(14)25-2;1-24-14-6-4-12(18)10-13(14)17(21)20-8-7-11-3-5-15(25-2)16(9-11)26(19,22)23;;/h4-7,10-11,20H,8-9H2,1-3H3,(H,21,22);3-6,9-10H,7-8H2,1-2H3,(H,20,21)(H2,19,22,23);2*1H4. The summed E-state index contributed by atoms with van der Waals surface area (Å²) in [6, 6.07) is 19.1. The average Bonchev–Trinajstić information content (AvgIpc) is 3.14. The number of halogens is 2. The molecule has 4 aromatic carbocycles. The molecule has 2 amide bonds. The monoisotopic (exact) mass is 842 g/mol. The largest absolute Gasteiger partial charge is 0.496 e. The summed E-state index contributed by atoms with van der Waals surface area (Å²) in [7, 11) is -0.525. The number of sulfonamides is 2. The molecule has 0 radical (unpaired) electrons. The van der Waals surface area contributed by atoms with Crippen molar-refractivity contribution in [2.75, 3.05) is 48.6 Å². The molecule has 4 aromatic rings. The molecule has 0 unspecified atom stereocenters. The third kappa shape index (κ3) is 13.6. The first kappa shape index (κ1) is 48.4. The van der Waals surface area contributed by atoms with Crippen LogP contribution >= 0.6 is 23.2 Å². The smallest absolute Gasteiger partial charge is 0.255 e. The van der Waals surface area contributed by atoms with Gasteiger partial charge in [-0.15, -0.1) is 0 Å². The number of carbonyl (C=O) groups excluding carboxylic acids is 2. The van der Waals surface area contributed by atoms with Crippen LogP contribution in [0.3, 0.4) is 0 Å². The minimum Gasteiger partial charge on any atom is -0.496 e. The lowest BCUT2D eigenvalue weighted by Gasteiger charge is -2.12. The quantitative estimate of drug-likeness (QED) is 0.119. The number of amides is 2. The molecule has 0 spiro atoms. The van der Waals surface area contributed by atoms with E-state index >= 15 is 0 Å². The molecule has 14 nitrogen and oxygen atoms in total. The van der Waals surface area contributed by atoms with Crippen molar-refractivity contribution in [3.63, 3.8) is 0 Å². The highest BCUT2D eigenvalue weighted by molar-refractivity contribution is 7.89. The molecule has 0 fully saturated rings. The van der Waals surface area contributed by atoms with Crippen molar-refractivity contribution >= 4 is 55.1 Å². The van der Waals surface area contributed by atoms with Gasteiger partial charge in [0.05, 0.1) is 39.6 Å². The Kier molecular flexibility index (Phi) is 19.5. The number of hydrogen-bond acceptors (Lipinski definition) is 10. The van der Waals surface area contributed by atoms with E-state index in [-0.39, 0.29) is 54.5 Å². The van der Waals surface area contributed by atoms with Crippen LogP contribution in [-0.2, 0) is 32.9 Å². The minimum atomic E-state index is -3.91. The van der Waals surface area contributed by atoms with Crippen LogP contribution < -0.4 is 39.4 Å². The molecule has 55 heavy (non-hydrogen) atoms. The molecule has 0 atom stereocenters. The van der Waals surface area contributed by atoms with Gasteiger partial charge in [-0.2, -0.15) is 0 Å². The third-order valence-electron chi connectivity index (χ3n) is 7.53. The van der Waals surface area contributed by atoms with Gasteiger partial charge in [-0.05, 0) is 91.7 Å². The van der Waals surface area contributed by atoms with E-state index in [0.717, 1.165) is 5.56 Å². The highest BCUT2D eigenvalue weighted by Gasteiger charge is 2.19. The molecule has 0 aromatic heterocycles. The van der Waals surface area contributed by atoms with E-state index in [1.807, 2.05) is 0 Å². The topological polar surface area (TPSA) is 201 Å². The lowest BCUT2D eigenvalue weighted by molar-refractivity contribution is 0.0942. The fourth-order valence-electron chi connectivity index (χ4n) is 4.84. The second-order valence-electron chi connectivity index (χ2n) is 10.9. The van der Waals surface area contributed by atoms with Gasteiger partial charge >= 0.3 is 0 Å². The number of carbonyl (C=O) groups is 2. The van der Waals surface area contributed by atoms with Crippen molar-refractivity contribution in [3.8, 4) is 23.0 Å². The van der Waals surface area contributed by atoms with E-state index in [1.54, 1.807) is 42.5 Å². The van der Waals surface area contributed by atoms with Gasteiger partial charge in [0.25, 0.3) is 11.8 Å². The predicted octanol–water partition coefficient (Wildman–Crippen LogP) is 5.49. The van der Waals surface area contributed by atoms with Gasteiger partial charge in [0.2, 0.25) is 20.0 Å². The Morgan fingerprint density at radius 3 is 1.33 bits per heavy atom. The van der Waals surface area contributed by atoms with Gasteiger partial charge in [-0.25, -0.2) is 26.7 Å². The van der Waals surface area contributed by atoms with E-state index < -0.39 is 20.0 Å². The summed E-state index contributed by atoms with van der Waals surface area (Å²) >= 11 is 11.9. The summed E-state index contributed by atoms with van der Waals surface area (Å²) in [6.07, 6.45) is 0.839. The number of ether oxygens (including phenoxy) is 4. The highest BCUT2D eigenvalue weighted by Crippen LogP contribution is 2.27. The Morgan fingerprint density at radius 1 is 0.600 bits per heavy atom. The summed E-state index contributed by atoms with van der Waals surface area (Å²) < 4.78 is 70.2. The maximum Gasteiger partial charge on any atom is 0.255 e. The fourth-order valence-corrected chi connectivity index (χ4v) is 6.88. The van der Waals surface area contributed by atoms with Gasteiger partial charge < -0.3 is 29.6 Å². The molecular weight excluding hydrogens is 795 g/mol. The lowest BCUT2D eigenvalue weighted by atomic mass is 10.1. The molecule has 18 heteroatoms. The van der Waals surface area contributed by atoms with Crippen molar-refractivity contribution in [3.05, 3.63) is 105 Å². The average molecular weight is 844 g/mol. The number of hydrogen-bond donors (Lipinski definition) is 4. The van der Waals surface area contributed by atoms with Crippen LogP contribution in [0.5, 0.6) is 23.0 Å². The molecule has 0 aliphatic rings. The first-order valence-electron chi connectivity index (χ1n) is 15.6. The molecular formula is C37H48Cl2N4O10S2. The summed E-state index contributed by atoms with van der Waals surface area (Å²) in [5, 5.41) is 11.6. The number of rotatable bonds is 15. The highest BCUT2D eigenvalue weighted by atomic mass is 35.5. The molecule has 0 heterocycles. The van der Waals surface area contributed by atoms with Crippen LogP contribution in [0.2, 0.25) is 10.0 Å². The molecule has 0 bridgehead atoms. The van der Waals surface area contributed by atoms with Gasteiger partial charge in [-0.3, -0.25) is 9.59 Å². The van der Waals surface area contributed by atoms with Gasteiger partial charge in [0.1, 0.15) is 32.8 Å². The van der Waals surface area contributed by atoms with Crippen molar-refractivity contribution in [1.82, 2.24) is 15.4 Å². The Bertz CT molecular complexity index is 2150. The van der Waals surface area contributed by atoms with E-state index in [0.29, 0.717) is 57.6 Å². The zero-order valence-electron chi connectivity index (χ0n) is 29.5. The van der Waals surface area contributed by atoms with Crippen LogP contribution in [0.25, 0.3) is 0 Å². The van der Waals surface area contributed by atoms with Gasteiger partial charge in [0.15, 0.2) is 0 Å². The number of nitrogens with one attached hydrogen (secondary N) is 3. The molecule has 0 saturated carbocycles. The third-order valence-corrected chi connectivity index (χ3v) is 10.4. The summed E-state index contributed by atoms with van der Waals surface area (Å²) in [5.74, 6) is 0.580. The summed E-state index contributed by atoms with van der Waals surface area (Å²) in [4.78, 5) is 24.6. The molecule has 5 N–H and O–H groups in total. The normalized spacial score (nSPS) is 10.7. The van der Waals surface area contributed by atoms with E-state index in [4.69, 9.17) is 47.3 Å². The second kappa shape index (κ2) is 22.1. The van der Waals surface area contributed by atoms with E-state index in [1.165, 1.54) is 65.8 Å². The number of benzene rings is 4. The van der Waals surface area contributed by atoms with Crippen molar-refractivity contribution in [1.29, 1.82) is 0 Å². The van der Waals surface area contributed by atoms with Crippen molar-refractivity contribution in [2.45, 2.75) is 37.5 Å².